The van der Waals surface area contributed by atoms with Crippen LogP contribution in [0.4, 0.5) is 74.6 Å². The van der Waals surface area contributed by atoms with Gasteiger partial charge in [0.2, 0.25) is 0 Å². The Labute approximate surface area is 184 Å². The molecule has 2 atom stereocenters. The molecule has 2 unspecified atom stereocenters. The Balaban J connectivity index is 3.59. The molecular weight excluding hydrogens is 545 g/mol. The van der Waals surface area contributed by atoms with E-state index in [0.29, 0.717) is 0 Å². The van der Waals surface area contributed by atoms with Crippen molar-refractivity contribution in [3.8, 4) is 0 Å². The number of likely N-dealkylation sites (tertiary alicyclic amines) is 1. The Kier molecular flexibility index (Phi) is 7.52. The van der Waals surface area contributed by atoms with Gasteiger partial charge in [-0.1, -0.05) is 13.8 Å². The molecule has 0 aromatic carbocycles. The van der Waals surface area contributed by atoms with Crippen LogP contribution in [0, 0.1) is 11.8 Å². The van der Waals surface area contributed by atoms with E-state index in [1.165, 1.54) is 13.8 Å². The van der Waals surface area contributed by atoms with Crippen molar-refractivity contribution in [1.29, 1.82) is 0 Å². The third-order valence-corrected chi connectivity index (χ3v) is 5.15. The molecule has 1 saturated heterocycles. The van der Waals surface area contributed by atoms with E-state index in [-0.39, 0.29) is 11.3 Å². The van der Waals surface area contributed by atoms with Gasteiger partial charge in [0, 0.05) is 13.1 Å². The van der Waals surface area contributed by atoms with E-state index in [0.717, 1.165) is 0 Å². The first-order valence-electron chi connectivity index (χ1n) is 9.06. The van der Waals surface area contributed by atoms with Crippen LogP contribution in [0.2, 0.25) is 0 Å². The number of halogens is 17. The minimum Gasteiger partial charge on any atom is -0.337 e. The van der Waals surface area contributed by atoms with E-state index in [1.54, 1.807) is 0 Å². The van der Waals surface area contributed by atoms with Gasteiger partial charge in [-0.2, -0.15) is 74.6 Å². The summed E-state index contributed by atoms with van der Waals surface area (Å²) in [6.45, 7) is 0.808. The Morgan fingerprint density at radius 3 is 1.14 bits per heavy atom. The number of nitrogens with zero attached hydrogens (tertiary/aromatic N) is 1. The van der Waals surface area contributed by atoms with E-state index < -0.39 is 78.5 Å². The van der Waals surface area contributed by atoms with E-state index >= 15 is 0 Å². The van der Waals surface area contributed by atoms with Crippen LogP contribution in [0.3, 0.4) is 0 Å². The fourth-order valence-corrected chi connectivity index (χ4v) is 3.33. The van der Waals surface area contributed by atoms with Gasteiger partial charge < -0.3 is 4.90 Å². The highest BCUT2D eigenvalue weighted by Crippen LogP contribution is 2.64. The maximum absolute atomic E-state index is 14.1. The van der Waals surface area contributed by atoms with Gasteiger partial charge in [0.25, 0.3) is 5.91 Å². The summed E-state index contributed by atoms with van der Waals surface area (Å²) in [5.41, 5.74) is 0. The molecule has 0 spiro atoms. The fourth-order valence-electron chi connectivity index (χ4n) is 3.33. The summed E-state index contributed by atoms with van der Waals surface area (Å²) < 4.78 is 226. The van der Waals surface area contributed by atoms with Crippen molar-refractivity contribution < 1.29 is 79.4 Å². The smallest absolute Gasteiger partial charge is 0.337 e. The summed E-state index contributed by atoms with van der Waals surface area (Å²) in [5.74, 6) is -62.5. The van der Waals surface area contributed by atoms with Crippen LogP contribution >= 0.6 is 0 Å². The van der Waals surface area contributed by atoms with E-state index in [1.807, 2.05) is 0 Å². The van der Waals surface area contributed by atoms with E-state index in [9.17, 15) is 79.4 Å². The summed E-state index contributed by atoms with van der Waals surface area (Å²) in [4.78, 5) is 11.6. The molecule has 35 heavy (non-hydrogen) atoms. The van der Waals surface area contributed by atoms with Crippen molar-refractivity contribution in [3.63, 3.8) is 0 Å². The van der Waals surface area contributed by atoms with Crippen LogP contribution in [0.25, 0.3) is 0 Å². The predicted molar refractivity (Wildman–Crippen MR) is 80.2 cm³/mol. The molecule has 1 aliphatic rings. The second-order valence-corrected chi connectivity index (χ2v) is 8.17. The van der Waals surface area contributed by atoms with Crippen molar-refractivity contribution in [2.24, 2.45) is 11.8 Å². The molecule has 1 fully saturated rings. The molecule has 1 rings (SSSR count). The zero-order valence-electron chi connectivity index (χ0n) is 17.1. The number of rotatable bonds is 7. The zero-order valence-corrected chi connectivity index (χ0v) is 17.1. The van der Waals surface area contributed by atoms with Gasteiger partial charge >= 0.3 is 47.6 Å². The summed E-state index contributed by atoms with van der Waals surface area (Å²) in [6.07, 6.45) is -7.63. The summed E-state index contributed by atoms with van der Waals surface area (Å²) in [7, 11) is 0. The minimum absolute atomic E-state index is 0.175. The van der Waals surface area contributed by atoms with Crippen LogP contribution in [0.5, 0.6) is 0 Å². The van der Waals surface area contributed by atoms with Gasteiger partial charge in [0.15, 0.2) is 0 Å². The molecule has 0 aromatic rings. The van der Waals surface area contributed by atoms with Gasteiger partial charge in [-0.05, 0) is 18.3 Å². The van der Waals surface area contributed by atoms with Gasteiger partial charge in [-0.15, -0.1) is 0 Å². The molecule has 0 saturated carbocycles. The number of piperidine rings is 1. The van der Waals surface area contributed by atoms with E-state index in [2.05, 4.69) is 0 Å². The van der Waals surface area contributed by atoms with Crippen LogP contribution in [-0.4, -0.2) is 71.5 Å². The summed E-state index contributed by atoms with van der Waals surface area (Å²) in [5, 5.41) is 0. The zero-order chi connectivity index (χ0) is 28.4. The standard InChI is InChI=1S/C16H14F17NO/c1-6-3-7(2)5-34(4-6)8(35)9(17,18)10(19,20)11(21,22)12(23,24)13(25,26)14(27,28)15(29,30)16(31,32)33/h6-7H,3-5H2,1-2H3. The minimum atomic E-state index is -8.71. The van der Waals surface area contributed by atoms with Crippen molar-refractivity contribution in [1.82, 2.24) is 4.90 Å². The lowest BCUT2D eigenvalue weighted by molar-refractivity contribution is -0.459. The lowest BCUT2D eigenvalue weighted by Gasteiger charge is -2.43. The topological polar surface area (TPSA) is 20.3 Å². The van der Waals surface area contributed by atoms with E-state index in [4.69, 9.17) is 0 Å². The molecule has 1 amide bonds. The maximum Gasteiger partial charge on any atom is 0.460 e. The summed E-state index contributed by atoms with van der Waals surface area (Å²) in [6, 6.07) is 0. The van der Waals surface area contributed by atoms with Gasteiger partial charge in [0.05, 0.1) is 0 Å². The monoisotopic (exact) mass is 559 g/mol. The largest absolute Gasteiger partial charge is 0.460 e. The Morgan fingerprint density at radius 2 is 0.829 bits per heavy atom. The highest BCUT2D eigenvalue weighted by atomic mass is 19.4. The molecule has 0 radical (unpaired) electrons. The average molecular weight is 559 g/mol. The molecule has 19 heteroatoms. The fraction of sp³-hybridized carbons (Fsp3) is 0.938. The highest BCUT2D eigenvalue weighted by Gasteiger charge is 2.95. The van der Waals surface area contributed by atoms with Gasteiger partial charge in [-0.3, -0.25) is 4.79 Å². The van der Waals surface area contributed by atoms with Crippen molar-refractivity contribution in [3.05, 3.63) is 0 Å². The molecule has 0 aliphatic carbocycles. The van der Waals surface area contributed by atoms with Crippen LogP contribution in [-0.2, 0) is 4.79 Å². The quantitative estimate of drug-likeness (QED) is 0.327. The molecule has 0 bridgehead atoms. The first-order chi connectivity index (χ1) is 15.1. The molecule has 2 nitrogen and oxygen atoms in total. The maximum atomic E-state index is 14.1. The Bertz CT molecular complexity index is 792. The molecular formula is C16H14F17NO. The Morgan fingerprint density at radius 1 is 0.543 bits per heavy atom. The lowest BCUT2D eigenvalue weighted by atomic mass is 9.87. The third kappa shape index (κ3) is 4.27. The normalized spacial score (nSPS) is 22.4. The number of carbonyl (C=O) groups excluding carboxylic acids is 1. The molecule has 1 aliphatic heterocycles. The first kappa shape index (κ1) is 31.3. The molecule has 1 heterocycles. The van der Waals surface area contributed by atoms with Crippen LogP contribution in [0.15, 0.2) is 0 Å². The second-order valence-electron chi connectivity index (χ2n) is 8.17. The average Bonchev–Trinajstić information content (AvgIpc) is 2.64. The van der Waals surface area contributed by atoms with Crippen molar-refractivity contribution >= 4 is 5.91 Å². The van der Waals surface area contributed by atoms with Gasteiger partial charge in [-0.25, -0.2) is 0 Å². The predicted octanol–water partition coefficient (Wildman–Crippen LogP) is 6.50. The van der Waals surface area contributed by atoms with Crippen molar-refractivity contribution in [2.75, 3.05) is 13.1 Å². The number of alkyl halides is 17. The van der Waals surface area contributed by atoms with Gasteiger partial charge in [0.1, 0.15) is 0 Å². The molecule has 0 N–H and O–H groups in total. The number of amides is 1. The first-order valence-corrected chi connectivity index (χ1v) is 9.06. The number of hydrogen-bond acceptors (Lipinski definition) is 1. The van der Waals surface area contributed by atoms with Crippen molar-refractivity contribution in [2.45, 2.75) is 67.9 Å². The van der Waals surface area contributed by atoms with Crippen LogP contribution < -0.4 is 0 Å². The number of hydrogen-bond donors (Lipinski definition) is 0. The van der Waals surface area contributed by atoms with Crippen LogP contribution in [0.1, 0.15) is 20.3 Å². The lowest BCUT2D eigenvalue weighted by Crippen LogP contribution is -2.75. The highest BCUT2D eigenvalue weighted by molar-refractivity contribution is 5.85. The third-order valence-electron chi connectivity index (χ3n) is 5.15. The Hall–Kier alpha value is -1.72. The SMILES string of the molecule is CC1CC(C)CN(C(=O)C(F)(F)C(F)(F)C(F)(F)C(F)(F)C(F)(F)C(F)(F)C(F)(F)C(F)(F)F)C1. The molecule has 208 valence electrons. The number of carbonyl (C=O) groups is 1. The second kappa shape index (κ2) is 8.41. The molecule has 0 aromatic heterocycles. The summed E-state index contributed by atoms with van der Waals surface area (Å²) >= 11 is 0.